The molecule has 2 heterocycles. The summed E-state index contributed by atoms with van der Waals surface area (Å²) in [6.45, 7) is 2.37. The third-order valence-electron chi connectivity index (χ3n) is 11.1. The maximum atomic E-state index is 12.9. The Morgan fingerprint density at radius 1 is 0.524 bits per heavy atom. The van der Waals surface area contributed by atoms with E-state index >= 15 is 0 Å². The minimum Gasteiger partial charge on any atom is -0.462 e. The lowest BCUT2D eigenvalue weighted by atomic mass is 9.98. The molecule has 0 aromatic carbocycles. The molecule has 2 rings (SSSR count). The van der Waals surface area contributed by atoms with E-state index in [1.807, 2.05) is 0 Å². The van der Waals surface area contributed by atoms with Crippen LogP contribution in [0.1, 0.15) is 149 Å². The summed E-state index contributed by atoms with van der Waals surface area (Å²) in [6.07, 6.45) is 20.5. The van der Waals surface area contributed by atoms with E-state index in [1.165, 1.54) is 19.3 Å². The number of rotatable bonds is 35. The average molecular weight is 899 g/mol. The Kier molecular flexibility index (Phi) is 32.1. The molecule has 11 atom stereocenters. The van der Waals surface area contributed by atoms with Crippen LogP contribution in [0, 0.1) is 0 Å². The van der Waals surface area contributed by atoms with E-state index in [2.05, 4.69) is 62.5 Å². The summed E-state index contributed by atoms with van der Waals surface area (Å²) in [5.41, 5.74) is 0. The Morgan fingerprint density at radius 2 is 1.00 bits per heavy atom. The smallest absolute Gasteiger partial charge is 0.306 e. The minimum atomic E-state index is -1.76. The second-order valence-electron chi connectivity index (χ2n) is 16.6. The number of hydrogen-bond acceptors (Lipinski definition) is 15. The van der Waals surface area contributed by atoms with Gasteiger partial charge in [0.2, 0.25) is 0 Å². The van der Waals surface area contributed by atoms with E-state index < -0.39 is 92.7 Å². The molecular weight excluding hydrogens is 817 g/mol. The lowest BCUT2D eigenvalue weighted by molar-refractivity contribution is -0.332. The van der Waals surface area contributed by atoms with Crippen LogP contribution >= 0.6 is 0 Å². The van der Waals surface area contributed by atoms with Crippen LogP contribution < -0.4 is 0 Å². The van der Waals surface area contributed by atoms with Gasteiger partial charge in [-0.2, -0.15) is 0 Å². The number of hydrogen-bond donors (Lipinski definition) is 7. The van der Waals surface area contributed by atoms with Gasteiger partial charge in [-0.1, -0.05) is 133 Å². The van der Waals surface area contributed by atoms with Crippen molar-refractivity contribution < 1.29 is 73.8 Å². The molecule has 63 heavy (non-hydrogen) atoms. The molecule has 0 saturated carbocycles. The van der Waals surface area contributed by atoms with Crippen molar-refractivity contribution in [2.24, 2.45) is 0 Å². The normalized spacial score (nSPS) is 27.3. The van der Waals surface area contributed by atoms with Crippen LogP contribution in [0.2, 0.25) is 0 Å². The molecule has 7 N–H and O–H groups in total. The van der Waals surface area contributed by atoms with Gasteiger partial charge in [0.1, 0.15) is 55.4 Å². The molecule has 11 unspecified atom stereocenters. The van der Waals surface area contributed by atoms with Crippen LogP contribution in [0.25, 0.3) is 0 Å². The van der Waals surface area contributed by atoms with Crippen molar-refractivity contribution in [3.05, 3.63) is 48.6 Å². The molecule has 0 bridgehead atoms. The van der Waals surface area contributed by atoms with Gasteiger partial charge in [0.05, 0.1) is 19.8 Å². The molecule has 2 fully saturated rings. The maximum Gasteiger partial charge on any atom is 0.306 e. The fourth-order valence-electron chi connectivity index (χ4n) is 7.15. The lowest BCUT2D eigenvalue weighted by Crippen LogP contribution is -2.61. The standard InChI is InChI=1S/C48H82O15/c1-3-5-7-9-11-12-13-14-15-16-17-18-19-20-21-22-23-24-25-27-29-31-40(51)61-36(33-58-39(50)30-28-26-10-8-6-4-2)34-59-47-46(57)44(55)42(53)38(63-47)35-60-48-45(56)43(54)41(52)37(32-49)62-48/h5,7,11-12,14-15,17-18,36-38,41-49,52-57H,3-4,6,8-10,13,16,19-35H2,1-2H3/b7-5-,12-11-,15-14-,18-17-. The summed E-state index contributed by atoms with van der Waals surface area (Å²) in [5, 5.41) is 71.8. The number of ether oxygens (including phenoxy) is 6. The van der Waals surface area contributed by atoms with Gasteiger partial charge in [-0.05, 0) is 51.4 Å². The number of carbonyl (C=O) groups is 2. The van der Waals surface area contributed by atoms with Crippen LogP contribution in [0.15, 0.2) is 48.6 Å². The topological polar surface area (TPSA) is 231 Å². The number of esters is 2. The highest BCUT2D eigenvalue weighted by molar-refractivity contribution is 5.70. The zero-order valence-electron chi connectivity index (χ0n) is 38.0. The van der Waals surface area contributed by atoms with Crippen molar-refractivity contribution >= 4 is 11.9 Å². The number of carbonyl (C=O) groups excluding carboxylic acids is 2. The monoisotopic (exact) mass is 899 g/mol. The summed E-state index contributed by atoms with van der Waals surface area (Å²) in [6, 6.07) is 0. The first-order valence-electron chi connectivity index (χ1n) is 23.7. The quantitative estimate of drug-likeness (QED) is 0.0235. The second kappa shape index (κ2) is 35.7. The molecule has 15 nitrogen and oxygen atoms in total. The number of unbranched alkanes of at least 4 members (excludes halogenated alkanes) is 13. The highest BCUT2D eigenvalue weighted by Crippen LogP contribution is 2.26. The van der Waals surface area contributed by atoms with E-state index in [0.717, 1.165) is 89.9 Å². The van der Waals surface area contributed by atoms with E-state index in [1.54, 1.807) is 0 Å². The average Bonchev–Trinajstić information content (AvgIpc) is 3.28. The summed E-state index contributed by atoms with van der Waals surface area (Å²) in [7, 11) is 0. The predicted octanol–water partition coefficient (Wildman–Crippen LogP) is 5.54. The van der Waals surface area contributed by atoms with Crippen molar-refractivity contribution in [2.45, 2.75) is 216 Å². The number of aliphatic hydroxyl groups is 7. The van der Waals surface area contributed by atoms with Gasteiger partial charge in [0.15, 0.2) is 18.7 Å². The van der Waals surface area contributed by atoms with Crippen LogP contribution in [-0.2, 0) is 38.0 Å². The van der Waals surface area contributed by atoms with E-state index in [0.29, 0.717) is 12.8 Å². The van der Waals surface area contributed by atoms with Crippen LogP contribution in [0.4, 0.5) is 0 Å². The molecule has 15 heteroatoms. The molecular formula is C48H82O15. The Morgan fingerprint density at radius 3 is 1.57 bits per heavy atom. The van der Waals surface area contributed by atoms with Gasteiger partial charge >= 0.3 is 11.9 Å². The minimum absolute atomic E-state index is 0.155. The molecule has 2 aliphatic rings. The van der Waals surface area contributed by atoms with E-state index in [4.69, 9.17) is 28.4 Å². The highest BCUT2D eigenvalue weighted by Gasteiger charge is 2.47. The van der Waals surface area contributed by atoms with Gasteiger partial charge in [-0.25, -0.2) is 0 Å². The van der Waals surface area contributed by atoms with Gasteiger partial charge in [0, 0.05) is 12.8 Å². The maximum absolute atomic E-state index is 12.9. The van der Waals surface area contributed by atoms with Gasteiger partial charge in [-0.3, -0.25) is 9.59 Å². The highest BCUT2D eigenvalue weighted by atomic mass is 16.7. The van der Waals surface area contributed by atoms with E-state index in [9.17, 15) is 45.3 Å². The van der Waals surface area contributed by atoms with Crippen molar-refractivity contribution in [1.82, 2.24) is 0 Å². The third-order valence-corrected chi connectivity index (χ3v) is 11.1. The van der Waals surface area contributed by atoms with Crippen LogP contribution in [0.3, 0.4) is 0 Å². The predicted molar refractivity (Wildman–Crippen MR) is 238 cm³/mol. The van der Waals surface area contributed by atoms with E-state index in [-0.39, 0.29) is 26.1 Å². The summed E-state index contributed by atoms with van der Waals surface area (Å²) in [4.78, 5) is 25.5. The van der Waals surface area contributed by atoms with Crippen molar-refractivity contribution in [3.63, 3.8) is 0 Å². The first-order valence-corrected chi connectivity index (χ1v) is 23.7. The first kappa shape index (κ1) is 56.6. The molecule has 0 amide bonds. The Balaban J connectivity index is 1.76. The Hall–Kier alpha value is -2.54. The molecule has 0 aromatic heterocycles. The van der Waals surface area contributed by atoms with Crippen LogP contribution in [-0.4, -0.2) is 142 Å². The van der Waals surface area contributed by atoms with Crippen LogP contribution in [0.5, 0.6) is 0 Å². The Labute approximate surface area is 376 Å². The van der Waals surface area contributed by atoms with Crippen molar-refractivity contribution in [3.8, 4) is 0 Å². The van der Waals surface area contributed by atoms with Crippen molar-refractivity contribution in [1.29, 1.82) is 0 Å². The summed E-state index contributed by atoms with van der Waals surface area (Å²) < 4.78 is 33.4. The number of aliphatic hydroxyl groups excluding tert-OH is 7. The fourth-order valence-corrected chi connectivity index (χ4v) is 7.15. The number of allylic oxidation sites excluding steroid dienone is 8. The summed E-state index contributed by atoms with van der Waals surface area (Å²) in [5.74, 6) is -0.947. The molecule has 2 saturated heterocycles. The molecule has 364 valence electrons. The zero-order valence-corrected chi connectivity index (χ0v) is 38.0. The SMILES string of the molecule is CC/C=C\C/C=C\C/C=C\C/C=C\CCCCCCCCCCC(=O)OC(COC(=O)CCCCCCCC)COC1OC(COC2OC(CO)C(O)C(O)C2O)C(O)C(O)C1O. The lowest BCUT2D eigenvalue weighted by Gasteiger charge is -2.42. The van der Waals surface area contributed by atoms with Gasteiger partial charge in [0.25, 0.3) is 0 Å². The molecule has 0 radical (unpaired) electrons. The van der Waals surface area contributed by atoms with Crippen molar-refractivity contribution in [2.75, 3.05) is 26.4 Å². The Bertz CT molecular complexity index is 1290. The molecule has 2 aliphatic heterocycles. The third kappa shape index (κ3) is 24.5. The fraction of sp³-hybridized carbons (Fsp3) is 0.792. The van der Waals surface area contributed by atoms with Gasteiger partial charge < -0.3 is 64.2 Å². The summed E-state index contributed by atoms with van der Waals surface area (Å²) >= 11 is 0. The molecule has 0 aromatic rings. The molecule has 0 aliphatic carbocycles. The zero-order chi connectivity index (χ0) is 46.1. The molecule has 0 spiro atoms. The van der Waals surface area contributed by atoms with Gasteiger partial charge in [-0.15, -0.1) is 0 Å². The first-order chi connectivity index (χ1) is 30.5. The largest absolute Gasteiger partial charge is 0.462 e. The second-order valence-corrected chi connectivity index (χ2v) is 16.6.